The number of amides is 2. The molecule has 2 aromatic heterocycles. The summed E-state index contributed by atoms with van der Waals surface area (Å²) in [6.45, 7) is 2.26. The van der Waals surface area contributed by atoms with E-state index in [4.69, 9.17) is 9.05 Å². The highest BCUT2D eigenvalue weighted by Crippen LogP contribution is 2.29. The maximum absolute atomic E-state index is 12.8. The highest BCUT2D eigenvalue weighted by atomic mass is 35.5. The number of benzene rings is 3. The summed E-state index contributed by atoms with van der Waals surface area (Å²) >= 11 is 0. The second-order valence-corrected chi connectivity index (χ2v) is 11.8. The summed E-state index contributed by atoms with van der Waals surface area (Å²) in [7, 11) is 0. The lowest BCUT2D eigenvalue weighted by atomic mass is 10.0. The molecule has 0 aliphatic carbocycles. The van der Waals surface area contributed by atoms with Gasteiger partial charge in [-0.1, -0.05) is 108 Å². The third kappa shape index (κ3) is 9.73. The van der Waals surface area contributed by atoms with E-state index in [-0.39, 0.29) is 30.5 Å². The van der Waals surface area contributed by atoms with Gasteiger partial charge in [-0.25, -0.2) is 4.79 Å². The van der Waals surface area contributed by atoms with Gasteiger partial charge in [0.15, 0.2) is 11.6 Å². The number of halogens is 1. The van der Waals surface area contributed by atoms with Gasteiger partial charge in [0, 0.05) is 13.1 Å². The van der Waals surface area contributed by atoms with E-state index in [1.807, 2.05) is 83.8 Å². The average molecular weight is 656 g/mol. The number of aromatic nitrogens is 4. The fraction of sp³-hybridized carbons (Fsp3) is 0.361. The number of hydrogen-bond acceptors (Lipinski definition) is 8. The van der Waals surface area contributed by atoms with Crippen molar-refractivity contribution in [3.8, 4) is 0 Å². The summed E-state index contributed by atoms with van der Waals surface area (Å²) in [6.07, 6.45) is 7.78. The number of urea groups is 1. The van der Waals surface area contributed by atoms with Crippen LogP contribution in [0.15, 0.2) is 100 Å². The lowest BCUT2D eigenvalue weighted by molar-refractivity contribution is 0.145. The van der Waals surface area contributed by atoms with Crippen LogP contribution in [0, 0.1) is 0 Å². The van der Waals surface area contributed by atoms with Crippen molar-refractivity contribution >= 4 is 18.4 Å². The standard InChI is InChI=1S/C22H24N4O2.C14H17N3O.ClH/c27-22(23-16-18-11-5-2-6-12-18)26-14-8-7-13-19(26)21-24-20(28-25-21)15-17-9-3-1-4-10-17;1-2-6-11(7-3-1)10-13-16-14(17-18-13)12-8-4-5-9-15-12;/h1-6,9-12,19H,7-8,13-16H2,(H,23,27);1-3,6-7,12,15H,4-5,8-10H2;1H/t19-;12-;/m00./s1. The van der Waals surface area contributed by atoms with Gasteiger partial charge in [0.25, 0.3) is 0 Å². The molecular weight excluding hydrogens is 614 g/mol. The maximum Gasteiger partial charge on any atom is 0.318 e. The van der Waals surface area contributed by atoms with E-state index in [1.165, 1.54) is 18.4 Å². The Morgan fingerprint density at radius 2 is 1.28 bits per heavy atom. The minimum absolute atomic E-state index is 0. The molecule has 3 aromatic carbocycles. The topological polar surface area (TPSA) is 122 Å². The largest absolute Gasteiger partial charge is 0.339 e. The monoisotopic (exact) mass is 655 g/mol. The smallest absolute Gasteiger partial charge is 0.318 e. The normalized spacial score (nSPS) is 17.6. The number of rotatable bonds is 8. The van der Waals surface area contributed by atoms with E-state index in [0.717, 1.165) is 49.2 Å². The molecule has 0 unspecified atom stereocenters. The molecule has 0 bridgehead atoms. The predicted molar refractivity (Wildman–Crippen MR) is 181 cm³/mol. The third-order valence-electron chi connectivity index (χ3n) is 8.33. The molecule has 47 heavy (non-hydrogen) atoms. The van der Waals surface area contributed by atoms with E-state index in [9.17, 15) is 4.79 Å². The molecule has 0 spiro atoms. The van der Waals surface area contributed by atoms with Crippen LogP contribution in [0.25, 0.3) is 0 Å². The Bertz CT molecular complexity index is 1630. The van der Waals surface area contributed by atoms with Crippen molar-refractivity contribution in [2.75, 3.05) is 13.1 Å². The number of piperidine rings is 2. The lowest BCUT2D eigenvalue weighted by Crippen LogP contribution is -2.44. The fourth-order valence-corrected chi connectivity index (χ4v) is 5.89. The molecule has 7 rings (SSSR count). The van der Waals surface area contributed by atoms with E-state index in [1.54, 1.807) is 0 Å². The zero-order valence-corrected chi connectivity index (χ0v) is 27.3. The zero-order valence-electron chi connectivity index (χ0n) is 26.5. The van der Waals surface area contributed by atoms with Crippen LogP contribution in [0.4, 0.5) is 4.79 Å². The fourth-order valence-electron chi connectivity index (χ4n) is 5.89. The number of carbonyl (C=O) groups is 1. The first-order valence-electron chi connectivity index (χ1n) is 16.3. The molecule has 2 aliphatic rings. The van der Waals surface area contributed by atoms with Gasteiger partial charge in [0.1, 0.15) is 0 Å². The van der Waals surface area contributed by atoms with E-state index < -0.39 is 0 Å². The Morgan fingerprint density at radius 1 is 0.723 bits per heavy atom. The van der Waals surface area contributed by atoms with Crippen molar-refractivity contribution in [3.63, 3.8) is 0 Å². The molecule has 10 nitrogen and oxygen atoms in total. The number of carbonyl (C=O) groups excluding carboxylic acids is 1. The molecular formula is C36H42ClN7O3. The molecule has 2 fully saturated rings. The number of nitrogens with one attached hydrogen (secondary N) is 2. The molecule has 2 amide bonds. The molecule has 2 atom stereocenters. The number of nitrogens with zero attached hydrogens (tertiary/aromatic N) is 5. The number of hydrogen-bond donors (Lipinski definition) is 2. The van der Waals surface area contributed by atoms with Crippen LogP contribution in [0.1, 0.15) is 90.7 Å². The Labute approximate surface area is 281 Å². The molecule has 0 saturated carbocycles. The van der Waals surface area contributed by atoms with Crippen LogP contribution in [0.3, 0.4) is 0 Å². The van der Waals surface area contributed by atoms with Gasteiger partial charge < -0.3 is 24.6 Å². The minimum atomic E-state index is -0.141. The summed E-state index contributed by atoms with van der Waals surface area (Å²) in [5.41, 5.74) is 3.40. The summed E-state index contributed by atoms with van der Waals surface area (Å²) < 4.78 is 10.8. The van der Waals surface area contributed by atoms with E-state index in [0.29, 0.717) is 43.5 Å². The van der Waals surface area contributed by atoms with Gasteiger partial charge in [-0.15, -0.1) is 12.4 Å². The first-order valence-corrected chi connectivity index (χ1v) is 16.3. The summed E-state index contributed by atoms with van der Waals surface area (Å²) in [6, 6.07) is 30.2. The first kappa shape index (κ1) is 33.8. The lowest BCUT2D eigenvalue weighted by Gasteiger charge is -2.33. The Hall–Kier alpha value is -4.54. The van der Waals surface area contributed by atoms with Crippen LogP contribution >= 0.6 is 12.4 Å². The molecule has 2 aliphatic heterocycles. The van der Waals surface area contributed by atoms with E-state index >= 15 is 0 Å². The van der Waals surface area contributed by atoms with Crippen molar-refractivity contribution in [2.45, 2.75) is 70.0 Å². The molecule has 2 N–H and O–H groups in total. The quantitative estimate of drug-likeness (QED) is 0.183. The van der Waals surface area contributed by atoms with Gasteiger partial charge in [-0.3, -0.25) is 0 Å². The average Bonchev–Trinajstić information content (AvgIpc) is 3.79. The third-order valence-corrected chi connectivity index (χ3v) is 8.33. The van der Waals surface area contributed by atoms with Crippen molar-refractivity contribution in [1.82, 2.24) is 35.8 Å². The first-order chi connectivity index (χ1) is 22.7. The summed E-state index contributed by atoms with van der Waals surface area (Å²) in [4.78, 5) is 23.7. The second-order valence-electron chi connectivity index (χ2n) is 11.8. The molecule has 246 valence electrons. The van der Waals surface area contributed by atoms with Gasteiger partial charge in [-0.2, -0.15) is 9.97 Å². The van der Waals surface area contributed by atoms with Crippen LogP contribution in [0.5, 0.6) is 0 Å². The maximum atomic E-state index is 12.8. The van der Waals surface area contributed by atoms with Crippen LogP contribution in [-0.2, 0) is 19.4 Å². The van der Waals surface area contributed by atoms with Crippen LogP contribution in [-0.4, -0.2) is 44.3 Å². The molecule has 0 radical (unpaired) electrons. The molecule has 4 heterocycles. The van der Waals surface area contributed by atoms with Gasteiger partial charge in [0.05, 0.1) is 24.9 Å². The summed E-state index contributed by atoms with van der Waals surface area (Å²) in [5.74, 6) is 2.68. The van der Waals surface area contributed by atoms with Gasteiger partial charge in [0.2, 0.25) is 11.8 Å². The second kappa shape index (κ2) is 17.4. The Morgan fingerprint density at radius 3 is 1.87 bits per heavy atom. The highest BCUT2D eigenvalue weighted by Gasteiger charge is 2.31. The van der Waals surface area contributed by atoms with Crippen molar-refractivity contribution < 1.29 is 13.8 Å². The van der Waals surface area contributed by atoms with E-state index in [2.05, 4.69) is 43.0 Å². The van der Waals surface area contributed by atoms with Crippen molar-refractivity contribution in [1.29, 1.82) is 0 Å². The molecule has 5 aromatic rings. The summed E-state index contributed by atoms with van der Waals surface area (Å²) in [5, 5.41) is 14.7. The SMILES string of the molecule is Cl.O=C(NCc1ccccc1)N1CCCC[C@H]1c1noc(Cc2ccccc2)n1.c1ccc(Cc2nc([C@@H]3CCCCN3)no2)cc1. The Kier molecular flexibility index (Phi) is 12.5. The van der Waals surface area contributed by atoms with Crippen LogP contribution in [0.2, 0.25) is 0 Å². The minimum Gasteiger partial charge on any atom is -0.339 e. The highest BCUT2D eigenvalue weighted by molar-refractivity contribution is 5.85. The Balaban J connectivity index is 0.000000197. The molecule has 11 heteroatoms. The molecule has 2 saturated heterocycles. The zero-order chi connectivity index (χ0) is 31.4. The van der Waals surface area contributed by atoms with Gasteiger partial charge in [-0.05, 0) is 55.3 Å². The van der Waals surface area contributed by atoms with Crippen LogP contribution < -0.4 is 10.6 Å². The van der Waals surface area contributed by atoms with Gasteiger partial charge >= 0.3 is 6.03 Å². The predicted octanol–water partition coefficient (Wildman–Crippen LogP) is 6.99. The number of likely N-dealkylation sites (tertiary alicyclic amines) is 1. The van der Waals surface area contributed by atoms with Crippen molar-refractivity contribution in [3.05, 3.63) is 131 Å². The van der Waals surface area contributed by atoms with Crippen molar-refractivity contribution in [2.24, 2.45) is 0 Å².